The molecule has 1 amide bonds. The molecule has 1 saturated heterocycles. The standard InChI is InChI=1S/C22H32N2O5S/c1-3-29-22(28)18(12-11-17-9-5-4-6-10-17)23-16(2)20(25)24-13-7-8-14-30-15-19(24)21(26)27/h4-6,9-10,16,18-19,23H,3,7-8,11-15H2,1-2H3,(H,26,27)/t16?,18-,19+/m0/s1. The number of nitrogens with one attached hydrogen (secondary N) is 1. The van der Waals surface area contributed by atoms with Crippen LogP contribution in [0, 0.1) is 0 Å². The molecule has 8 heteroatoms. The van der Waals surface area contributed by atoms with Gasteiger partial charge < -0.3 is 14.7 Å². The van der Waals surface area contributed by atoms with Crippen molar-refractivity contribution in [2.45, 2.75) is 57.7 Å². The average Bonchev–Trinajstić information content (AvgIpc) is 2.71. The Kier molecular flexibility index (Phi) is 10.2. The number of aryl methyl sites for hydroxylation is 1. The Morgan fingerprint density at radius 2 is 2.00 bits per heavy atom. The number of ether oxygens (including phenoxy) is 1. The van der Waals surface area contributed by atoms with E-state index in [1.807, 2.05) is 30.3 Å². The average molecular weight is 437 g/mol. The number of carboxylic acid groups (broad SMARTS) is 1. The minimum atomic E-state index is -0.990. The van der Waals surface area contributed by atoms with Gasteiger partial charge in [-0.3, -0.25) is 14.9 Å². The fraction of sp³-hybridized carbons (Fsp3) is 0.591. The highest BCUT2D eigenvalue weighted by molar-refractivity contribution is 7.99. The van der Waals surface area contributed by atoms with Gasteiger partial charge in [-0.05, 0) is 50.8 Å². The van der Waals surface area contributed by atoms with Gasteiger partial charge in [0.05, 0.1) is 12.6 Å². The summed E-state index contributed by atoms with van der Waals surface area (Å²) in [6.45, 7) is 4.10. The maximum Gasteiger partial charge on any atom is 0.327 e. The molecule has 1 aliphatic rings. The highest BCUT2D eigenvalue weighted by Crippen LogP contribution is 2.18. The van der Waals surface area contributed by atoms with Crippen molar-refractivity contribution in [3.05, 3.63) is 35.9 Å². The molecular formula is C22H32N2O5S. The molecule has 0 radical (unpaired) electrons. The Balaban J connectivity index is 2.07. The van der Waals surface area contributed by atoms with Gasteiger partial charge in [-0.15, -0.1) is 0 Å². The number of esters is 1. The van der Waals surface area contributed by atoms with Crippen LogP contribution in [0.1, 0.15) is 38.7 Å². The number of rotatable bonds is 9. The highest BCUT2D eigenvalue weighted by Gasteiger charge is 2.34. The number of nitrogens with zero attached hydrogens (tertiary/aromatic N) is 1. The number of hydrogen-bond donors (Lipinski definition) is 2. The van der Waals surface area contributed by atoms with Crippen molar-refractivity contribution in [3.8, 4) is 0 Å². The summed E-state index contributed by atoms with van der Waals surface area (Å²) in [5, 5.41) is 12.7. The lowest BCUT2D eigenvalue weighted by atomic mass is 10.0. The monoisotopic (exact) mass is 436 g/mol. The zero-order valence-electron chi connectivity index (χ0n) is 17.7. The number of hydrogen-bond acceptors (Lipinski definition) is 6. The molecule has 3 atom stereocenters. The second-order valence-electron chi connectivity index (χ2n) is 7.38. The predicted molar refractivity (Wildman–Crippen MR) is 117 cm³/mol. The second-order valence-corrected chi connectivity index (χ2v) is 8.53. The number of aliphatic carboxylic acids is 1. The van der Waals surface area contributed by atoms with Crippen molar-refractivity contribution in [1.82, 2.24) is 10.2 Å². The third-order valence-corrected chi connectivity index (χ3v) is 6.24. The minimum Gasteiger partial charge on any atom is -0.480 e. The van der Waals surface area contributed by atoms with E-state index >= 15 is 0 Å². The van der Waals surface area contributed by atoms with Crippen LogP contribution in [0.5, 0.6) is 0 Å². The van der Waals surface area contributed by atoms with Gasteiger partial charge >= 0.3 is 11.9 Å². The fourth-order valence-corrected chi connectivity index (χ4v) is 4.61. The first-order valence-corrected chi connectivity index (χ1v) is 11.7. The normalized spacial score (nSPS) is 19.3. The van der Waals surface area contributed by atoms with Gasteiger partial charge in [-0.25, -0.2) is 4.79 Å². The zero-order valence-corrected chi connectivity index (χ0v) is 18.5. The molecular weight excluding hydrogens is 404 g/mol. The van der Waals surface area contributed by atoms with Gasteiger partial charge in [0.25, 0.3) is 0 Å². The van der Waals surface area contributed by atoms with E-state index in [0.29, 0.717) is 25.1 Å². The number of thioether (sulfide) groups is 1. The summed E-state index contributed by atoms with van der Waals surface area (Å²) in [6.07, 6.45) is 2.87. The Bertz CT molecular complexity index is 700. The molecule has 1 unspecified atom stereocenters. The Labute approximate surface area is 182 Å². The van der Waals surface area contributed by atoms with Gasteiger partial charge in [0.15, 0.2) is 0 Å². The van der Waals surface area contributed by atoms with Gasteiger partial charge in [0.1, 0.15) is 12.1 Å². The molecule has 1 aromatic carbocycles. The maximum absolute atomic E-state index is 13.1. The van der Waals surface area contributed by atoms with E-state index in [-0.39, 0.29) is 12.5 Å². The molecule has 166 valence electrons. The molecule has 2 N–H and O–H groups in total. The van der Waals surface area contributed by atoms with E-state index in [9.17, 15) is 19.5 Å². The molecule has 7 nitrogen and oxygen atoms in total. The van der Waals surface area contributed by atoms with E-state index < -0.39 is 30.1 Å². The SMILES string of the molecule is CCOC(=O)[C@H](CCc1ccccc1)NC(C)C(=O)N1CCCCSC[C@@H]1C(=O)O. The molecule has 1 heterocycles. The van der Waals surface area contributed by atoms with Crippen LogP contribution in [-0.2, 0) is 25.5 Å². The molecule has 1 aliphatic heterocycles. The molecule has 0 spiro atoms. The Hall–Kier alpha value is -2.06. The molecule has 1 aromatic rings. The maximum atomic E-state index is 13.1. The molecule has 30 heavy (non-hydrogen) atoms. The summed E-state index contributed by atoms with van der Waals surface area (Å²) in [4.78, 5) is 38.8. The van der Waals surface area contributed by atoms with Crippen LogP contribution in [0.15, 0.2) is 30.3 Å². The molecule has 0 saturated carbocycles. The third kappa shape index (κ3) is 7.32. The number of benzene rings is 1. The van der Waals surface area contributed by atoms with Crippen molar-refractivity contribution in [2.75, 3.05) is 24.7 Å². The van der Waals surface area contributed by atoms with E-state index in [1.54, 1.807) is 25.6 Å². The summed E-state index contributed by atoms with van der Waals surface area (Å²) in [5.41, 5.74) is 1.10. The third-order valence-electron chi connectivity index (χ3n) is 5.12. The number of carboxylic acids is 1. The lowest BCUT2D eigenvalue weighted by Gasteiger charge is -2.33. The molecule has 0 aromatic heterocycles. The van der Waals surface area contributed by atoms with E-state index in [4.69, 9.17) is 4.74 Å². The first kappa shape index (κ1) is 24.2. The highest BCUT2D eigenvalue weighted by atomic mass is 32.2. The topological polar surface area (TPSA) is 95.9 Å². The van der Waals surface area contributed by atoms with Gasteiger partial charge in [0, 0.05) is 12.3 Å². The molecule has 0 bridgehead atoms. The second kappa shape index (κ2) is 12.6. The fourth-order valence-electron chi connectivity index (χ4n) is 3.48. The van der Waals surface area contributed by atoms with E-state index in [1.165, 1.54) is 4.90 Å². The zero-order chi connectivity index (χ0) is 21.9. The van der Waals surface area contributed by atoms with Crippen LogP contribution < -0.4 is 5.32 Å². The Morgan fingerprint density at radius 3 is 2.67 bits per heavy atom. The molecule has 2 rings (SSSR count). The number of carbonyl (C=O) groups excluding carboxylic acids is 2. The van der Waals surface area contributed by atoms with Crippen molar-refractivity contribution in [3.63, 3.8) is 0 Å². The molecule has 0 aliphatic carbocycles. The summed E-state index contributed by atoms with van der Waals surface area (Å²) in [7, 11) is 0. The minimum absolute atomic E-state index is 0.259. The lowest BCUT2D eigenvalue weighted by Crippen LogP contribution is -2.56. The largest absolute Gasteiger partial charge is 0.480 e. The first-order valence-electron chi connectivity index (χ1n) is 10.5. The summed E-state index contributed by atoms with van der Waals surface area (Å²) in [5.74, 6) is -0.395. The first-order chi connectivity index (χ1) is 14.4. The van der Waals surface area contributed by atoms with Gasteiger partial charge in [-0.2, -0.15) is 11.8 Å². The predicted octanol–water partition coefficient (Wildman–Crippen LogP) is 2.34. The summed E-state index contributed by atoms with van der Waals surface area (Å²) < 4.78 is 5.19. The molecule has 1 fully saturated rings. The van der Waals surface area contributed by atoms with Crippen LogP contribution in [0.4, 0.5) is 0 Å². The van der Waals surface area contributed by atoms with E-state index in [0.717, 1.165) is 24.2 Å². The summed E-state index contributed by atoms with van der Waals surface area (Å²) >= 11 is 1.56. The van der Waals surface area contributed by atoms with Gasteiger partial charge in [0.2, 0.25) is 5.91 Å². The van der Waals surface area contributed by atoms with Gasteiger partial charge in [-0.1, -0.05) is 30.3 Å². The number of carbonyl (C=O) groups is 3. The lowest BCUT2D eigenvalue weighted by molar-refractivity contribution is -0.151. The van der Waals surface area contributed by atoms with Crippen molar-refractivity contribution >= 4 is 29.6 Å². The van der Waals surface area contributed by atoms with Crippen molar-refractivity contribution in [2.24, 2.45) is 0 Å². The van der Waals surface area contributed by atoms with Crippen LogP contribution in [0.2, 0.25) is 0 Å². The van der Waals surface area contributed by atoms with Crippen LogP contribution in [0.25, 0.3) is 0 Å². The number of amides is 1. The Morgan fingerprint density at radius 1 is 1.27 bits per heavy atom. The van der Waals surface area contributed by atoms with Crippen LogP contribution in [-0.4, -0.2) is 70.6 Å². The quantitative estimate of drug-likeness (QED) is 0.574. The smallest absolute Gasteiger partial charge is 0.327 e. The van der Waals surface area contributed by atoms with Crippen LogP contribution in [0.3, 0.4) is 0 Å². The summed E-state index contributed by atoms with van der Waals surface area (Å²) in [6, 6.07) is 7.63. The van der Waals surface area contributed by atoms with Crippen molar-refractivity contribution < 1.29 is 24.2 Å². The van der Waals surface area contributed by atoms with Crippen molar-refractivity contribution in [1.29, 1.82) is 0 Å². The van der Waals surface area contributed by atoms with Crippen LogP contribution >= 0.6 is 11.8 Å². The van der Waals surface area contributed by atoms with E-state index in [2.05, 4.69) is 5.32 Å².